The first-order valence-corrected chi connectivity index (χ1v) is 5.94. The molecule has 1 aliphatic carbocycles. The van der Waals surface area contributed by atoms with Crippen molar-refractivity contribution in [1.29, 1.82) is 0 Å². The summed E-state index contributed by atoms with van der Waals surface area (Å²) in [5.74, 6) is -0.917. The Balaban J connectivity index is 2.05. The van der Waals surface area contributed by atoms with E-state index < -0.39 is 0 Å². The second-order valence-corrected chi connectivity index (χ2v) is 4.69. The summed E-state index contributed by atoms with van der Waals surface area (Å²) in [5, 5.41) is 19.0. The summed E-state index contributed by atoms with van der Waals surface area (Å²) >= 11 is 0. The van der Waals surface area contributed by atoms with Crippen LogP contribution in [0.3, 0.4) is 0 Å². The zero-order chi connectivity index (χ0) is 13.3. The summed E-state index contributed by atoms with van der Waals surface area (Å²) in [6, 6.07) is 1.23. The van der Waals surface area contributed by atoms with Crippen molar-refractivity contribution in [3.63, 3.8) is 0 Å². The lowest BCUT2D eigenvalue weighted by molar-refractivity contribution is -0.139. The molecule has 5 heteroatoms. The molecule has 0 bridgehead atoms. The Morgan fingerprint density at radius 1 is 1.50 bits per heavy atom. The maximum atomic E-state index is 11.9. The Hall–Kier alpha value is -1.91. The summed E-state index contributed by atoms with van der Waals surface area (Å²) in [5.41, 5.74) is 1.29. The van der Waals surface area contributed by atoms with Gasteiger partial charge in [-0.2, -0.15) is 0 Å². The minimum absolute atomic E-state index is 0.00581. The van der Waals surface area contributed by atoms with E-state index in [2.05, 4.69) is 0 Å². The third kappa shape index (κ3) is 2.34. The monoisotopic (exact) mass is 251 g/mol. The van der Waals surface area contributed by atoms with Crippen LogP contribution in [-0.4, -0.2) is 20.7 Å². The molecule has 0 aliphatic heterocycles. The maximum absolute atomic E-state index is 11.9. The van der Waals surface area contributed by atoms with E-state index in [9.17, 15) is 15.0 Å². The molecule has 0 radical (unpaired) electrons. The minimum Gasteiger partial charge on any atom is -0.494 e. The molecule has 1 aromatic rings. The van der Waals surface area contributed by atoms with Crippen LogP contribution in [0.5, 0.6) is 17.5 Å². The van der Waals surface area contributed by atoms with Gasteiger partial charge in [-0.05, 0) is 26.2 Å². The molecule has 1 unspecified atom stereocenters. The van der Waals surface area contributed by atoms with E-state index in [1.807, 2.05) is 13.0 Å². The van der Waals surface area contributed by atoms with Crippen molar-refractivity contribution in [2.75, 3.05) is 0 Å². The van der Waals surface area contributed by atoms with Crippen molar-refractivity contribution in [3.8, 4) is 17.5 Å². The van der Waals surface area contributed by atoms with Gasteiger partial charge >= 0.3 is 5.97 Å². The highest BCUT2D eigenvalue weighted by Crippen LogP contribution is 2.34. The number of ether oxygens (including phenoxy) is 1. The number of hydrogen-bond acceptors (Lipinski definition) is 4. The van der Waals surface area contributed by atoms with Crippen LogP contribution in [0.15, 0.2) is 17.7 Å². The summed E-state index contributed by atoms with van der Waals surface area (Å²) in [6.45, 7) is 2.04. The molecule has 0 amide bonds. The van der Waals surface area contributed by atoms with Crippen LogP contribution in [0.1, 0.15) is 26.2 Å². The van der Waals surface area contributed by atoms with Gasteiger partial charge in [-0.15, -0.1) is 0 Å². The van der Waals surface area contributed by atoms with Crippen molar-refractivity contribution >= 4 is 5.97 Å². The van der Waals surface area contributed by atoms with E-state index in [0.717, 1.165) is 17.4 Å². The first-order chi connectivity index (χ1) is 8.49. The maximum Gasteiger partial charge on any atom is 0.314 e. The average molecular weight is 251 g/mol. The molecule has 0 aromatic carbocycles. The molecule has 1 heterocycles. The molecule has 5 nitrogen and oxygen atoms in total. The van der Waals surface area contributed by atoms with Crippen LogP contribution in [-0.2, 0) is 11.8 Å². The molecule has 1 aliphatic rings. The zero-order valence-corrected chi connectivity index (χ0v) is 10.5. The normalized spacial score (nSPS) is 19.4. The topological polar surface area (TPSA) is 71.7 Å². The second kappa shape index (κ2) is 4.76. The van der Waals surface area contributed by atoms with Gasteiger partial charge in [-0.1, -0.05) is 11.6 Å². The highest BCUT2D eigenvalue weighted by atomic mass is 16.5. The first-order valence-electron chi connectivity index (χ1n) is 5.94. The summed E-state index contributed by atoms with van der Waals surface area (Å²) in [7, 11) is 1.48. The standard InChI is InChI=1S/C13H17NO4/c1-8-3-5-9(6-4-8)13(17)18-10-7-11(15)14(2)12(10)16/h3,7,9,15-16H,4-6H2,1-2H3. The molecule has 98 valence electrons. The van der Waals surface area contributed by atoms with Gasteiger partial charge in [0.1, 0.15) is 0 Å². The molecule has 18 heavy (non-hydrogen) atoms. The highest BCUT2D eigenvalue weighted by molar-refractivity contribution is 5.76. The second-order valence-electron chi connectivity index (χ2n) is 4.69. The molecule has 0 fully saturated rings. The van der Waals surface area contributed by atoms with Crippen molar-refractivity contribution in [2.24, 2.45) is 13.0 Å². The first kappa shape index (κ1) is 12.5. The molecular formula is C13H17NO4. The summed E-state index contributed by atoms with van der Waals surface area (Å²) in [4.78, 5) is 11.9. The number of carbonyl (C=O) groups excluding carboxylic acids is 1. The van der Waals surface area contributed by atoms with Crippen LogP contribution in [0, 0.1) is 5.92 Å². The molecule has 2 N–H and O–H groups in total. The van der Waals surface area contributed by atoms with Gasteiger partial charge in [0, 0.05) is 13.1 Å². The quantitative estimate of drug-likeness (QED) is 0.623. The van der Waals surface area contributed by atoms with Gasteiger partial charge < -0.3 is 14.9 Å². The van der Waals surface area contributed by atoms with Crippen molar-refractivity contribution in [1.82, 2.24) is 4.57 Å². The van der Waals surface area contributed by atoms with Crippen molar-refractivity contribution in [3.05, 3.63) is 17.7 Å². The van der Waals surface area contributed by atoms with E-state index in [4.69, 9.17) is 4.74 Å². The van der Waals surface area contributed by atoms with E-state index in [1.54, 1.807) is 0 Å². The molecule has 0 saturated carbocycles. The van der Waals surface area contributed by atoms with Gasteiger partial charge in [0.25, 0.3) is 0 Å². The largest absolute Gasteiger partial charge is 0.494 e. The minimum atomic E-state index is -0.361. The predicted molar refractivity (Wildman–Crippen MR) is 65.5 cm³/mol. The van der Waals surface area contributed by atoms with Crippen LogP contribution in [0.25, 0.3) is 0 Å². The third-order valence-corrected chi connectivity index (χ3v) is 3.32. The van der Waals surface area contributed by atoms with Gasteiger partial charge in [0.15, 0.2) is 11.6 Å². The number of aromatic hydroxyl groups is 2. The fraction of sp³-hybridized carbons (Fsp3) is 0.462. The Morgan fingerprint density at radius 3 is 2.72 bits per heavy atom. The van der Waals surface area contributed by atoms with E-state index in [0.29, 0.717) is 6.42 Å². The lowest BCUT2D eigenvalue weighted by atomic mass is 9.90. The number of aromatic nitrogens is 1. The van der Waals surface area contributed by atoms with E-state index >= 15 is 0 Å². The fourth-order valence-corrected chi connectivity index (χ4v) is 2.00. The fourth-order valence-electron chi connectivity index (χ4n) is 2.00. The number of hydrogen-bond donors (Lipinski definition) is 2. The van der Waals surface area contributed by atoms with Crippen LogP contribution >= 0.6 is 0 Å². The van der Waals surface area contributed by atoms with Gasteiger partial charge in [-0.3, -0.25) is 9.36 Å². The molecule has 0 saturated heterocycles. The number of rotatable bonds is 2. The Kier molecular flexibility index (Phi) is 3.32. The van der Waals surface area contributed by atoms with Crippen LogP contribution in [0.2, 0.25) is 0 Å². The summed E-state index contributed by atoms with van der Waals surface area (Å²) in [6.07, 6.45) is 4.37. The lowest BCUT2D eigenvalue weighted by Crippen LogP contribution is -2.21. The smallest absolute Gasteiger partial charge is 0.314 e. The van der Waals surface area contributed by atoms with E-state index in [1.165, 1.54) is 18.7 Å². The van der Waals surface area contributed by atoms with Gasteiger partial charge in [-0.25, -0.2) is 0 Å². The number of carbonyl (C=O) groups is 1. The van der Waals surface area contributed by atoms with Crippen molar-refractivity contribution < 1.29 is 19.7 Å². The number of nitrogens with zero attached hydrogens (tertiary/aromatic N) is 1. The highest BCUT2D eigenvalue weighted by Gasteiger charge is 2.24. The van der Waals surface area contributed by atoms with Crippen LogP contribution < -0.4 is 4.74 Å². The molecule has 2 rings (SSSR count). The summed E-state index contributed by atoms with van der Waals surface area (Å²) < 4.78 is 6.27. The van der Waals surface area contributed by atoms with E-state index in [-0.39, 0.29) is 29.4 Å². The average Bonchev–Trinajstić information content (AvgIpc) is 2.58. The third-order valence-electron chi connectivity index (χ3n) is 3.32. The SMILES string of the molecule is CC1=CCC(C(=O)Oc2cc(O)n(C)c2O)CC1. The zero-order valence-electron chi connectivity index (χ0n) is 10.5. The van der Waals surface area contributed by atoms with Gasteiger partial charge in [0.2, 0.25) is 5.88 Å². The van der Waals surface area contributed by atoms with Gasteiger partial charge in [0.05, 0.1) is 5.92 Å². The predicted octanol–water partition coefficient (Wildman–Crippen LogP) is 2.09. The Bertz CT molecular complexity index is 501. The molecular weight excluding hydrogens is 234 g/mol. The number of esters is 1. The number of allylic oxidation sites excluding steroid dienone is 2. The molecule has 1 aromatic heterocycles. The molecule has 0 spiro atoms. The Labute approximate surface area is 105 Å². The van der Waals surface area contributed by atoms with Crippen LogP contribution in [0.4, 0.5) is 0 Å². The van der Waals surface area contributed by atoms with Crippen molar-refractivity contribution in [2.45, 2.75) is 26.2 Å². The molecule has 1 atom stereocenters. The lowest BCUT2D eigenvalue weighted by Gasteiger charge is -2.18. The Morgan fingerprint density at radius 2 is 2.22 bits per heavy atom.